The van der Waals surface area contributed by atoms with E-state index in [0.29, 0.717) is 42.3 Å². The van der Waals surface area contributed by atoms with Gasteiger partial charge in [0.05, 0.1) is 12.2 Å². The third-order valence-corrected chi connectivity index (χ3v) is 5.61. The molecule has 0 saturated carbocycles. The van der Waals surface area contributed by atoms with E-state index in [9.17, 15) is 9.59 Å². The maximum atomic E-state index is 13.4. The van der Waals surface area contributed by atoms with Crippen molar-refractivity contribution < 1.29 is 23.8 Å². The van der Waals surface area contributed by atoms with Crippen LogP contribution < -0.4 is 14.9 Å². The summed E-state index contributed by atoms with van der Waals surface area (Å²) in [5.41, 5.74) is 5.09. The van der Waals surface area contributed by atoms with Crippen LogP contribution in [0.5, 0.6) is 11.5 Å². The van der Waals surface area contributed by atoms with E-state index in [4.69, 9.17) is 14.2 Å². The summed E-state index contributed by atoms with van der Waals surface area (Å²) in [6.45, 7) is 5.42. The minimum atomic E-state index is -0.953. The van der Waals surface area contributed by atoms with Crippen LogP contribution in [-0.4, -0.2) is 42.5 Å². The SMILES string of the molecule is C[C@@H]1CN(NC(=O)C(Oc2cc(C=O)ccc2OCc2ccccc2)c2ccccc2)C[C@H](C)O1. The van der Waals surface area contributed by atoms with Crippen molar-refractivity contribution in [2.24, 2.45) is 0 Å². The van der Waals surface area contributed by atoms with Gasteiger partial charge in [0.15, 0.2) is 11.5 Å². The van der Waals surface area contributed by atoms with Crippen LogP contribution >= 0.6 is 0 Å². The molecule has 1 fully saturated rings. The van der Waals surface area contributed by atoms with Gasteiger partial charge in [0, 0.05) is 24.2 Å². The number of carbonyl (C=O) groups excluding carboxylic acids is 2. The number of ether oxygens (including phenoxy) is 3. The topological polar surface area (TPSA) is 77.1 Å². The number of morpholine rings is 1. The van der Waals surface area contributed by atoms with Crippen molar-refractivity contribution in [2.75, 3.05) is 13.1 Å². The van der Waals surface area contributed by atoms with Gasteiger partial charge < -0.3 is 14.2 Å². The molecule has 3 aromatic carbocycles. The molecule has 35 heavy (non-hydrogen) atoms. The van der Waals surface area contributed by atoms with Crippen molar-refractivity contribution in [3.8, 4) is 11.5 Å². The largest absolute Gasteiger partial charge is 0.485 e. The molecule has 1 unspecified atom stereocenters. The van der Waals surface area contributed by atoms with Crippen LogP contribution in [0.25, 0.3) is 0 Å². The number of carbonyl (C=O) groups is 2. The summed E-state index contributed by atoms with van der Waals surface area (Å²) in [6.07, 6.45) is -0.220. The van der Waals surface area contributed by atoms with Gasteiger partial charge in [-0.3, -0.25) is 15.0 Å². The zero-order valence-corrected chi connectivity index (χ0v) is 19.9. The van der Waals surface area contributed by atoms with Crippen molar-refractivity contribution in [1.82, 2.24) is 10.4 Å². The minimum absolute atomic E-state index is 0.00240. The van der Waals surface area contributed by atoms with Crippen LogP contribution in [0.1, 0.15) is 41.4 Å². The molecule has 1 aliphatic rings. The first kappa shape index (κ1) is 24.4. The number of hydrazine groups is 1. The monoisotopic (exact) mass is 474 g/mol. The summed E-state index contributed by atoms with van der Waals surface area (Å²) >= 11 is 0. The van der Waals surface area contributed by atoms with Crippen LogP contribution in [0.3, 0.4) is 0 Å². The lowest BCUT2D eigenvalue weighted by atomic mass is 10.1. The van der Waals surface area contributed by atoms with Crippen molar-refractivity contribution in [2.45, 2.75) is 38.8 Å². The maximum Gasteiger partial charge on any atom is 0.280 e. The number of rotatable bonds is 9. The Hall–Kier alpha value is -3.68. The second kappa shape index (κ2) is 11.6. The smallest absolute Gasteiger partial charge is 0.280 e. The first-order chi connectivity index (χ1) is 17.0. The quantitative estimate of drug-likeness (QED) is 0.465. The zero-order valence-electron chi connectivity index (χ0n) is 19.9. The average molecular weight is 475 g/mol. The highest BCUT2D eigenvalue weighted by Gasteiger charge is 2.29. The Morgan fingerprint density at radius 3 is 2.31 bits per heavy atom. The Morgan fingerprint density at radius 1 is 1.00 bits per heavy atom. The molecular formula is C28H30N2O5. The predicted molar refractivity (Wildman–Crippen MR) is 132 cm³/mol. The number of benzene rings is 3. The summed E-state index contributed by atoms with van der Waals surface area (Å²) in [7, 11) is 0. The number of aldehydes is 1. The number of hydrogen-bond acceptors (Lipinski definition) is 6. The number of amides is 1. The van der Waals surface area contributed by atoms with Gasteiger partial charge in [-0.05, 0) is 37.6 Å². The van der Waals surface area contributed by atoms with Crippen molar-refractivity contribution in [3.05, 3.63) is 95.6 Å². The molecule has 0 bridgehead atoms. The van der Waals surface area contributed by atoms with E-state index in [1.165, 1.54) is 0 Å². The van der Waals surface area contributed by atoms with Crippen LogP contribution in [-0.2, 0) is 16.1 Å². The summed E-state index contributed by atoms with van der Waals surface area (Å²) in [5.74, 6) is 0.447. The molecule has 3 atom stereocenters. The fourth-order valence-electron chi connectivity index (χ4n) is 4.06. The molecule has 7 nitrogen and oxygen atoms in total. The summed E-state index contributed by atoms with van der Waals surface area (Å²) in [5, 5.41) is 1.86. The fourth-order valence-corrected chi connectivity index (χ4v) is 4.06. The number of nitrogens with one attached hydrogen (secondary N) is 1. The fraction of sp³-hybridized carbons (Fsp3) is 0.286. The first-order valence-electron chi connectivity index (χ1n) is 11.7. The van der Waals surface area contributed by atoms with Crippen LogP contribution in [0.2, 0.25) is 0 Å². The van der Waals surface area contributed by atoms with Gasteiger partial charge in [0.25, 0.3) is 5.91 Å². The van der Waals surface area contributed by atoms with Gasteiger partial charge in [0.1, 0.15) is 12.9 Å². The molecule has 3 aromatic rings. The highest BCUT2D eigenvalue weighted by molar-refractivity contribution is 5.82. The molecule has 4 rings (SSSR count). The predicted octanol–water partition coefficient (Wildman–Crippen LogP) is 4.34. The molecule has 0 aromatic heterocycles. The molecule has 1 saturated heterocycles. The van der Waals surface area contributed by atoms with Crippen LogP contribution in [0.15, 0.2) is 78.9 Å². The van der Waals surface area contributed by atoms with Gasteiger partial charge in [0.2, 0.25) is 6.10 Å². The van der Waals surface area contributed by atoms with Gasteiger partial charge in [-0.1, -0.05) is 60.7 Å². The van der Waals surface area contributed by atoms with Gasteiger partial charge in [-0.15, -0.1) is 0 Å². The molecule has 1 amide bonds. The highest BCUT2D eigenvalue weighted by Crippen LogP contribution is 2.33. The number of nitrogens with zero attached hydrogens (tertiary/aromatic N) is 1. The molecule has 7 heteroatoms. The minimum Gasteiger partial charge on any atom is -0.485 e. The molecule has 0 radical (unpaired) electrons. The molecule has 182 valence electrons. The third-order valence-electron chi connectivity index (χ3n) is 5.61. The normalized spacial score (nSPS) is 18.9. The molecular weight excluding hydrogens is 444 g/mol. The van der Waals surface area contributed by atoms with Crippen LogP contribution in [0, 0.1) is 0 Å². The van der Waals surface area contributed by atoms with E-state index in [1.54, 1.807) is 18.2 Å². The van der Waals surface area contributed by atoms with Gasteiger partial charge in [-0.25, -0.2) is 5.01 Å². The van der Waals surface area contributed by atoms with E-state index in [0.717, 1.165) is 11.8 Å². The van der Waals surface area contributed by atoms with Crippen molar-refractivity contribution in [3.63, 3.8) is 0 Å². The summed E-state index contributed by atoms with van der Waals surface area (Å²) in [6, 6.07) is 23.9. The summed E-state index contributed by atoms with van der Waals surface area (Å²) in [4.78, 5) is 24.9. The van der Waals surface area contributed by atoms with Crippen molar-refractivity contribution in [1.29, 1.82) is 0 Å². The maximum absolute atomic E-state index is 13.4. The highest BCUT2D eigenvalue weighted by atomic mass is 16.5. The molecule has 0 aliphatic carbocycles. The zero-order chi connectivity index (χ0) is 24.6. The Bertz CT molecular complexity index is 1110. The molecule has 1 aliphatic heterocycles. The molecule has 1 heterocycles. The second-order valence-corrected chi connectivity index (χ2v) is 8.65. The van der Waals surface area contributed by atoms with E-state index >= 15 is 0 Å². The van der Waals surface area contributed by atoms with E-state index in [-0.39, 0.29) is 18.1 Å². The standard InChI is InChI=1S/C28H30N2O5/c1-20-16-30(17-21(2)34-20)29-28(32)27(24-11-7-4-8-12-24)35-26-15-23(18-31)13-14-25(26)33-19-22-9-5-3-6-10-22/h3-15,18,20-21,27H,16-17,19H2,1-2H3,(H,29,32)/t20-,21+,27?. The third kappa shape index (κ3) is 6.68. The number of hydrogen-bond donors (Lipinski definition) is 1. The lowest BCUT2D eigenvalue weighted by Gasteiger charge is -2.36. The Morgan fingerprint density at radius 2 is 1.66 bits per heavy atom. The lowest BCUT2D eigenvalue weighted by Crippen LogP contribution is -2.54. The second-order valence-electron chi connectivity index (χ2n) is 8.65. The van der Waals surface area contributed by atoms with E-state index < -0.39 is 6.10 Å². The van der Waals surface area contributed by atoms with Gasteiger partial charge in [-0.2, -0.15) is 0 Å². The van der Waals surface area contributed by atoms with E-state index in [2.05, 4.69) is 5.43 Å². The molecule has 1 N–H and O–H groups in total. The van der Waals surface area contributed by atoms with E-state index in [1.807, 2.05) is 79.5 Å². The Kier molecular flexibility index (Phi) is 8.13. The Labute approximate surface area is 205 Å². The van der Waals surface area contributed by atoms with Crippen molar-refractivity contribution >= 4 is 12.2 Å². The Balaban J connectivity index is 1.58. The molecule has 0 spiro atoms. The van der Waals surface area contributed by atoms with Crippen LogP contribution in [0.4, 0.5) is 0 Å². The lowest BCUT2D eigenvalue weighted by molar-refractivity contribution is -0.140. The van der Waals surface area contributed by atoms with Gasteiger partial charge >= 0.3 is 0 Å². The first-order valence-corrected chi connectivity index (χ1v) is 11.7. The average Bonchev–Trinajstić information content (AvgIpc) is 2.86. The summed E-state index contributed by atoms with van der Waals surface area (Å²) < 4.78 is 18.1.